The second-order valence-electron chi connectivity index (χ2n) is 11.1. The lowest BCUT2D eigenvalue weighted by Gasteiger charge is -2.44. The number of methoxy groups -OCH3 is 1. The van der Waals surface area contributed by atoms with Crippen molar-refractivity contribution >= 4 is 5.91 Å². The highest BCUT2D eigenvalue weighted by Crippen LogP contribution is 2.48. The molecule has 1 aliphatic carbocycles. The van der Waals surface area contributed by atoms with Gasteiger partial charge in [-0.15, -0.1) is 0 Å². The van der Waals surface area contributed by atoms with Crippen molar-refractivity contribution < 1.29 is 27.4 Å². The fourth-order valence-electron chi connectivity index (χ4n) is 6.56. The molecule has 3 aliphatic rings. The van der Waals surface area contributed by atoms with Gasteiger partial charge in [-0.1, -0.05) is 13.8 Å². The quantitative estimate of drug-likeness (QED) is 0.557. The zero-order chi connectivity index (χ0) is 26.8. The van der Waals surface area contributed by atoms with Crippen LogP contribution in [0.2, 0.25) is 0 Å². The Morgan fingerprint density at radius 1 is 1.38 bits per heavy atom. The molecule has 1 saturated carbocycles. The third-order valence-electron chi connectivity index (χ3n) is 8.80. The summed E-state index contributed by atoms with van der Waals surface area (Å²) in [5.74, 6) is 0.164. The van der Waals surface area contributed by atoms with Crippen molar-refractivity contribution in [3.8, 4) is 0 Å². The largest absolute Gasteiger partial charge is 0.417 e. The van der Waals surface area contributed by atoms with E-state index >= 15 is 0 Å². The Hall–Kier alpha value is -1.75. The van der Waals surface area contributed by atoms with Gasteiger partial charge in [0, 0.05) is 63.7 Å². The van der Waals surface area contributed by atoms with E-state index in [1.165, 1.54) is 0 Å². The van der Waals surface area contributed by atoms with Crippen LogP contribution < -0.4 is 5.73 Å². The molecule has 2 N–H and O–H groups in total. The lowest BCUT2D eigenvalue weighted by atomic mass is 9.73. The molecule has 37 heavy (non-hydrogen) atoms. The molecule has 3 heterocycles. The number of ether oxygens (including phenoxy) is 2. The smallest absolute Gasteiger partial charge is 0.379 e. The number of alkyl halides is 3. The number of pyridine rings is 1. The van der Waals surface area contributed by atoms with E-state index in [0.29, 0.717) is 44.0 Å². The maximum atomic E-state index is 14.1. The Kier molecular flexibility index (Phi) is 8.82. The molecule has 4 atom stereocenters. The van der Waals surface area contributed by atoms with Gasteiger partial charge in [-0.2, -0.15) is 13.2 Å². The number of aromatic nitrogens is 1. The summed E-state index contributed by atoms with van der Waals surface area (Å²) >= 11 is 0. The summed E-state index contributed by atoms with van der Waals surface area (Å²) in [6.07, 6.45) is 1.01. The van der Waals surface area contributed by atoms with Gasteiger partial charge in [0.05, 0.1) is 23.7 Å². The summed E-state index contributed by atoms with van der Waals surface area (Å²) in [6, 6.07) is 1.59. The van der Waals surface area contributed by atoms with Crippen LogP contribution in [0.5, 0.6) is 0 Å². The van der Waals surface area contributed by atoms with Crippen LogP contribution in [0.1, 0.15) is 62.8 Å². The average molecular weight is 527 g/mol. The molecule has 4 rings (SSSR count). The number of nitrogens with zero attached hydrogens (tertiary/aromatic N) is 3. The molecular weight excluding hydrogens is 485 g/mol. The van der Waals surface area contributed by atoms with E-state index in [4.69, 9.17) is 15.2 Å². The van der Waals surface area contributed by atoms with Gasteiger partial charge in [-0.3, -0.25) is 14.7 Å². The number of rotatable bonds is 8. The van der Waals surface area contributed by atoms with Crippen molar-refractivity contribution in [1.82, 2.24) is 14.8 Å². The lowest BCUT2D eigenvalue weighted by Crippen LogP contribution is -2.54. The van der Waals surface area contributed by atoms with Crippen molar-refractivity contribution in [1.29, 1.82) is 0 Å². The monoisotopic (exact) mass is 526 g/mol. The van der Waals surface area contributed by atoms with Gasteiger partial charge in [0.15, 0.2) is 0 Å². The summed E-state index contributed by atoms with van der Waals surface area (Å²) in [7, 11) is 1.72. The summed E-state index contributed by atoms with van der Waals surface area (Å²) in [5.41, 5.74) is 5.71. The molecule has 0 radical (unpaired) electrons. The molecule has 1 saturated heterocycles. The highest BCUT2D eigenvalue weighted by molar-refractivity contribution is 5.83. The minimum Gasteiger partial charge on any atom is -0.379 e. The van der Waals surface area contributed by atoms with Crippen molar-refractivity contribution in [3.63, 3.8) is 0 Å². The van der Waals surface area contributed by atoms with Gasteiger partial charge in [0.25, 0.3) is 0 Å². The summed E-state index contributed by atoms with van der Waals surface area (Å²) in [5, 5.41) is 0. The standard InChI is InChI=1S/C27H41F3N4O3/c1-18(2)26(25(35)33-11-6-22-19(16-33)13-20(15-32-22)27(28,29)30)8-5-21(14-26)34(10-4-9-31)23-7-12-37-17-24(23)36-3/h13,15,18,21,23-24H,4-12,14,16-17,31H2,1-3H3/t21-,23+,24-,26+/m1/s1. The highest BCUT2D eigenvalue weighted by Gasteiger charge is 2.52. The second-order valence-corrected chi connectivity index (χ2v) is 11.1. The van der Waals surface area contributed by atoms with E-state index in [9.17, 15) is 18.0 Å². The summed E-state index contributed by atoms with van der Waals surface area (Å²) in [4.78, 5) is 22.5. The molecule has 10 heteroatoms. The average Bonchev–Trinajstić information content (AvgIpc) is 3.34. The van der Waals surface area contributed by atoms with Crippen LogP contribution >= 0.6 is 0 Å². The molecule has 208 valence electrons. The van der Waals surface area contributed by atoms with Crippen molar-refractivity contribution in [2.24, 2.45) is 17.1 Å². The zero-order valence-corrected chi connectivity index (χ0v) is 22.2. The zero-order valence-electron chi connectivity index (χ0n) is 22.2. The van der Waals surface area contributed by atoms with Crippen molar-refractivity contribution in [2.75, 3.05) is 40.0 Å². The van der Waals surface area contributed by atoms with E-state index in [2.05, 4.69) is 23.7 Å². The summed E-state index contributed by atoms with van der Waals surface area (Å²) in [6.45, 7) is 7.53. The minimum absolute atomic E-state index is 0.0230. The third-order valence-corrected chi connectivity index (χ3v) is 8.80. The molecule has 7 nitrogen and oxygen atoms in total. The van der Waals surface area contributed by atoms with Crippen LogP contribution in [0.25, 0.3) is 0 Å². The highest BCUT2D eigenvalue weighted by atomic mass is 19.4. The number of nitrogens with two attached hydrogens (primary N) is 1. The number of hydrogen-bond acceptors (Lipinski definition) is 6. The summed E-state index contributed by atoms with van der Waals surface area (Å²) < 4.78 is 51.3. The fourth-order valence-corrected chi connectivity index (χ4v) is 6.56. The Morgan fingerprint density at radius 2 is 2.16 bits per heavy atom. The number of fused-ring (bicyclic) bond motifs is 1. The Bertz CT molecular complexity index is 944. The van der Waals surface area contributed by atoms with Gasteiger partial charge in [-0.05, 0) is 56.2 Å². The minimum atomic E-state index is -4.46. The number of carbonyl (C=O) groups excluding carboxylic acids is 1. The Balaban J connectivity index is 1.55. The van der Waals surface area contributed by atoms with Crippen LogP contribution in [0.4, 0.5) is 13.2 Å². The van der Waals surface area contributed by atoms with E-state index in [1.807, 2.05) is 0 Å². The van der Waals surface area contributed by atoms with Crippen molar-refractivity contribution in [2.45, 2.75) is 83.3 Å². The lowest BCUT2D eigenvalue weighted by molar-refractivity contribution is -0.146. The van der Waals surface area contributed by atoms with Gasteiger partial charge < -0.3 is 20.1 Å². The predicted molar refractivity (Wildman–Crippen MR) is 134 cm³/mol. The number of carbonyl (C=O) groups is 1. The molecule has 1 aromatic rings. The van der Waals surface area contributed by atoms with E-state index < -0.39 is 17.2 Å². The first-order valence-corrected chi connectivity index (χ1v) is 13.5. The maximum absolute atomic E-state index is 14.1. The molecule has 1 aromatic heterocycles. The van der Waals surface area contributed by atoms with Gasteiger partial charge in [0.2, 0.25) is 5.91 Å². The third kappa shape index (κ3) is 5.82. The second kappa shape index (κ2) is 11.6. The normalized spacial score (nSPS) is 28.7. The van der Waals surface area contributed by atoms with Crippen LogP contribution in [0, 0.1) is 11.3 Å². The fraction of sp³-hybridized carbons (Fsp3) is 0.778. The van der Waals surface area contributed by atoms with Gasteiger partial charge in [0.1, 0.15) is 0 Å². The molecule has 0 bridgehead atoms. The first-order valence-electron chi connectivity index (χ1n) is 13.5. The van der Waals surface area contributed by atoms with E-state index in [-0.39, 0.29) is 36.6 Å². The molecular formula is C27H41F3N4O3. The molecule has 2 aliphatic heterocycles. The molecule has 0 aromatic carbocycles. The number of hydrogen-bond donors (Lipinski definition) is 1. The van der Waals surface area contributed by atoms with E-state index in [1.54, 1.807) is 12.0 Å². The van der Waals surface area contributed by atoms with Crippen LogP contribution in [-0.4, -0.2) is 78.8 Å². The van der Waals surface area contributed by atoms with Crippen molar-refractivity contribution in [3.05, 3.63) is 29.1 Å². The number of amides is 1. The van der Waals surface area contributed by atoms with Gasteiger partial charge in [-0.25, -0.2) is 0 Å². The first kappa shape index (κ1) is 28.3. The van der Waals surface area contributed by atoms with E-state index in [0.717, 1.165) is 50.9 Å². The first-order chi connectivity index (χ1) is 17.6. The molecule has 0 unspecified atom stereocenters. The molecule has 2 fully saturated rings. The maximum Gasteiger partial charge on any atom is 0.417 e. The predicted octanol–water partition coefficient (Wildman–Crippen LogP) is 3.63. The molecule has 0 spiro atoms. The Labute approximate surface area is 217 Å². The van der Waals surface area contributed by atoms with Crippen LogP contribution in [0.3, 0.4) is 0 Å². The topological polar surface area (TPSA) is 80.9 Å². The van der Waals surface area contributed by atoms with Crippen LogP contribution in [-0.2, 0) is 33.4 Å². The Morgan fingerprint density at radius 3 is 2.84 bits per heavy atom. The number of halogens is 3. The SMILES string of the molecule is CO[C@@H]1COCC[C@@H]1N(CCCN)[C@@H]1CC[C@@](C(=O)N2CCc3ncc(C(F)(F)F)cc3C2)(C(C)C)C1. The van der Waals surface area contributed by atoms with Crippen LogP contribution in [0.15, 0.2) is 12.3 Å². The molecule has 1 amide bonds. The van der Waals surface area contributed by atoms with Gasteiger partial charge >= 0.3 is 6.18 Å².